The second-order valence-corrected chi connectivity index (χ2v) is 9.12. The normalized spacial score (nSPS) is 17.1. The number of rotatable bonds is 8. The summed E-state index contributed by atoms with van der Waals surface area (Å²) >= 11 is 0. The lowest BCUT2D eigenvalue weighted by atomic mass is 10.1. The van der Waals surface area contributed by atoms with Gasteiger partial charge >= 0.3 is 6.09 Å². The van der Waals surface area contributed by atoms with Crippen molar-refractivity contribution >= 4 is 36.0 Å². The zero-order valence-corrected chi connectivity index (χ0v) is 22.8. The van der Waals surface area contributed by atoms with Gasteiger partial charge in [-0.2, -0.15) is 5.10 Å². The lowest BCUT2D eigenvalue weighted by Crippen LogP contribution is -2.47. The number of carbonyl (C=O) groups is 1. The van der Waals surface area contributed by atoms with Gasteiger partial charge in [-0.3, -0.25) is 4.99 Å². The van der Waals surface area contributed by atoms with E-state index in [0.29, 0.717) is 19.7 Å². The highest BCUT2D eigenvalue weighted by Gasteiger charge is 2.23. The predicted octanol–water partition coefficient (Wildman–Crippen LogP) is 2.42. The van der Waals surface area contributed by atoms with Gasteiger partial charge in [-0.1, -0.05) is 6.92 Å². The largest absolute Gasteiger partial charge is 0.444 e. The van der Waals surface area contributed by atoms with E-state index in [0.717, 1.165) is 43.5 Å². The van der Waals surface area contributed by atoms with Crippen LogP contribution in [0.1, 0.15) is 52.7 Å². The van der Waals surface area contributed by atoms with Gasteiger partial charge in [0.15, 0.2) is 11.8 Å². The van der Waals surface area contributed by atoms with Gasteiger partial charge in [0.05, 0.1) is 6.54 Å². The minimum Gasteiger partial charge on any atom is -0.444 e. The van der Waals surface area contributed by atoms with Gasteiger partial charge in [-0.25, -0.2) is 14.5 Å². The van der Waals surface area contributed by atoms with E-state index < -0.39 is 5.60 Å². The van der Waals surface area contributed by atoms with E-state index >= 15 is 0 Å². The number of methoxy groups -OCH3 is 1. The van der Waals surface area contributed by atoms with Crippen LogP contribution in [0.4, 0.5) is 4.79 Å². The number of nitrogens with zero attached hydrogens (tertiary/aromatic N) is 5. The van der Waals surface area contributed by atoms with E-state index in [-0.39, 0.29) is 42.0 Å². The number of amides is 1. The van der Waals surface area contributed by atoms with E-state index in [4.69, 9.17) is 14.5 Å². The van der Waals surface area contributed by atoms with Crippen LogP contribution in [0.2, 0.25) is 0 Å². The van der Waals surface area contributed by atoms with Crippen molar-refractivity contribution in [2.24, 2.45) is 10.9 Å². The number of guanidine groups is 1. The van der Waals surface area contributed by atoms with Gasteiger partial charge in [-0.15, -0.1) is 24.0 Å². The van der Waals surface area contributed by atoms with Gasteiger partial charge in [0.2, 0.25) is 0 Å². The number of aromatic nitrogens is 3. The molecule has 0 radical (unpaired) electrons. The summed E-state index contributed by atoms with van der Waals surface area (Å²) in [5, 5.41) is 11.3. The smallest absolute Gasteiger partial charge is 0.410 e. The molecule has 2 rings (SSSR count). The molecule has 2 N–H and O–H groups in total. The Bertz CT molecular complexity index is 748. The zero-order valence-electron chi connectivity index (χ0n) is 20.5. The average molecular weight is 566 g/mol. The Morgan fingerprint density at radius 1 is 1.41 bits per heavy atom. The van der Waals surface area contributed by atoms with Crippen LogP contribution in [0.5, 0.6) is 0 Å². The van der Waals surface area contributed by atoms with Gasteiger partial charge in [-0.05, 0) is 40.0 Å². The van der Waals surface area contributed by atoms with E-state index in [9.17, 15) is 4.79 Å². The number of carbonyl (C=O) groups excluding carboxylic acids is 1. The lowest BCUT2D eigenvalue weighted by molar-refractivity contribution is 0.0279. The fourth-order valence-corrected chi connectivity index (χ4v) is 3.37. The maximum absolute atomic E-state index is 12.2. The highest BCUT2D eigenvalue weighted by Crippen LogP contribution is 2.14. The van der Waals surface area contributed by atoms with Crippen LogP contribution in [-0.4, -0.2) is 77.2 Å². The van der Waals surface area contributed by atoms with Crippen LogP contribution in [0.25, 0.3) is 0 Å². The summed E-state index contributed by atoms with van der Waals surface area (Å²) in [4.78, 5) is 23.0. The van der Waals surface area contributed by atoms with Crippen LogP contribution in [0.3, 0.4) is 0 Å². The first-order valence-corrected chi connectivity index (χ1v) is 11.0. The van der Waals surface area contributed by atoms with Gasteiger partial charge < -0.3 is 25.0 Å². The highest BCUT2D eigenvalue weighted by molar-refractivity contribution is 14.0. The molecule has 0 saturated heterocycles. The molecule has 0 aromatic carbocycles. The zero-order chi connectivity index (χ0) is 23.0. The number of halogens is 1. The van der Waals surface area contributed by atoms with Crippen molar-refractivity contribution in [3.63, 3.8) is 0 Å². The Morgan fingerprint density at radius 3 is 2.75 bits per heavy atom. The third kappa shape index (κ3) is 9.47. The summed E-state index contributed by atoms with van der Waals surface area (Å²) in [6.45, 7) is 12.8. The Morgan fingerprint density at radius 2 is 2.12 bits per heavy atom. The first-order chi connectivity index (χ1) is 14.6. The Kier molecular flexibility index (Phi) is 11.7. The fraction of sp³-hybridized carbons (Fsp3) is 0.810. The molecule has 0 saturated carbocycles. The van der Waals surface area contributed by atoms with Crippen molar-refractivity contribution in [3.05, 3.63) is 11.6 Å². The maximum atomic E-state index is 12.2. The van der Waals surface area contributed by atoms with Crippen molar-refractivity contribution in [2.75, 3.05) is 33.8 Å². The van der Waals surface area contributed by atoms with Gasteiger partial charge in [0.1, 0.15) is 18.0 Å². The number of fused-ring (bicyclic) bond motifs is 1. The number of ether oxygens (including phenoxy) is 2. The van der Waals surface area contributed by atoms with E-state index in [1.807, 2.05) is 32.4 Å². The molecule has 2 unspecified atom stereocenters. The first-order valence-electron chi connectivity index (χ1n) is 11.0. The molecule has 184 valence electrons. The summed E-state index contributed by atoms with van der Waals surface area (Å²) in [5.41, 5.74) is -0.497. The molecule has 1 aromatic heterocycles. The second-order valence-electron chi connectivity index (χ2n) is 9.12. The average Bonchev–Trinajstić information content (AvgIpc) is 3.07. The van der Waals surface area contributed by atoms with Crippen molar-refractivity contribution < 1.29 is 14.3 Å². The molecule has 2 atom stereocenters. The number of nitrogens with one attached hydrogen (secondary N) is 2. The quantitative estimate of drug-likeness (QED) is 0.283. The monoisotopic (exact) mass is 565 g/mol. The number of aryl methyl sites for hydroxylation is 1. The minimum atomic E-state index is -0.497. The highest BCUT2D eigenvalue weighted by atomic mass is 127. The van der Waals surface area contributed by atoms with E-state index in [1.54, 1.807) is 19.1 Å². The molecular formula is C21H40IN7O3. The molecule has 1 aliphatic rings. The summed E-state index contributed by atoms with van der Waals surface area (Å²) < 4.78 is 12.5. The molecule has 0 bridgehead atoms. The van der Waals surface area contributed by atoms with E-state index in [2.05, 4.69) is 27.6 Å². The minimum absolute atomic E-state index is 0. The van der Waals surface area contributed by atoms with Gasteiger partial charge in [0, 0.05) is 46.3 Å². The molecule has 32 heavy (non-hydrogen) atoms. The number of aliphatic imine (C=N–C) groups is 1. The SMILES string of the molecule is CCNC(=NCC(C)CN(C)C(=O)OC(C)(C)C)NC1CCc2nc(COC)nn2C1.I. The Labute approximate surface area is 208 Å². The summed E-state index contributed by atoms with van der Waals surface area (Å²) in [6.07, 6.45) is 1.52. The molecule has 2 heterocycles. The van der Waals surface area contributed by atoms with Gasteiger partial charge in [0.25, 0.3) is 0 Å². The fourth-order valence-electron chi connectivity index (χ4n) is 3.37. The molecule has 10 nitrogen and oxygen atoms in total. The van der Waals surface area contributed by atoms with E-state index in [1.165, 1.54) is 0 Å². The van der Waals surface area contributed by atoms with Crippen LogP contribution in [0.15, 0.2) is 4.99 Å². The van der Waals surface area contributed by atoms with Crippen molar-refractivity contribution in [3.8, 4) is 0 Å². The van der Waals surface area contributed by atoms with Crippen LogP contribution < -0.4 is 10.6 Å². The lowest BCUT2D eigenvalue weighted by Gasteiger charge is -2.27. The third-order valence-electron chi connectivity index (χ3n) is 4.71. The molecular weight excluding hydrogens is 525 g/mol. The Hall–Kier alpha value is -1.63. The maximum Gasteiger partial charge on any atom is 0.410 e. The summed E-state index contributed by atoms with van der Waals surface area (Å²) in [6, 6.07) is 0.224. The molecule has 0 aliphatic carbocycles. The van der Waals surface area contributed by atoms with Crippen molar-refractivity contribution in [1.82, 2.24) is 30.3 Å². The second kappa shape index (κ2) is 13.2. The Balaban J connectivity index is 0.00000512. The first kappa shape index (κ1) is 28.4. The van der Waals surface area contributed by atoms with Crippen LogP contribution >= 0.6 is 24.0 Å². The molecule has 0 fully saturated rings. The standard InChI is InChI=1S/C21H39N7O3.HI/c1-8-22-19(23-11-15(2)12-27(6)20(29)31-21(3,4)5)24-16-9-10-18-25-17(14-30-7)26-28(18)13-16;/h15-16H,8-14H2,1-7H3,(H2,22,23,24);1H. The molecule has 1 amide bonds. The molecule has 0 spiro atoms. The molecule has 11 heteroatoms. The van der Waals surface area contributed by atoms with Crippen molar-refractivity contribution in [1.29, 1.82) is 0 Å². The number of hydrogen-bond donors (Lipinski definition) is 2. The topological polar surface area (TPSA) is 106 Å². The summed E-state index contributed by atoms with van der Waals surface area (Å²) in [7, 11) is 3.41. The van der Waals surface area contributed by atoms with Crippen LogP contribution in [0, 0.1) is 5.92 Å². The van der Waals surface area contributed by atoms with Crippen LogP contribution in [-0.2, 0) is 29.0 Å². The third-order valence-corrected chi connectivity index (χ3v) is 4.71. The number of hydrogen-bond acceptors (Lipinski definition) is 6. The van der Waals surface area contributed by atoms with Crippen molar-refractivity contribution in [2.45, 2.75) is 72.3 Å². The predicted molar refractivity (Wildman–Crippen MR) is 135 cm³/mol. The summed E-state index contributed by atoms with van der Waals surface area (Å²) in [5.74, 6) is 2.70. The molecule has 1 aliphatic heterocycles. The molecule has 1 aromatic rings.